The van der Waals surface area contributed by atoms with Gasteiger partial charge in [0.2, 0.25) is 0 Å². The molecular weight excluding hydrogens is 261 g/mol. The molecule has 0 bridgehead atoms. The Balaban J connectivity index is 2.19. The molecule has 2 rings (SSSR count). The Morgan fingerprint density at radius 3 is 2.68 bits per heavy atom. The molecule has 1 heterocycles. The van der Waals surface area contributed by atoms with E-state index in [-0.39, 0.29) is 17.6 Å². The SMILES string of the molecule is NNc1cccc(C(=O)N(CC(F)(F)F)C2CC2)n1. The molecule has 19 heavy (non-hydrogen) atoms. The van der Waals surface area contributed by atoms with E-state index in [1.54, 1.807) is 0 Å². The largest absolute Gasteiger partial charge is 0.406 e. The number of rotatable bonds is 4. The zero-order valence-electron chi connectivity index (χ0n) is 9.94. The van der Waals surface area contributed by atoms with Crippen molar-refractivity contribution in [1.29, 1.82) is 0 Å². The number of nitrogen functional groups attached to an aromatic ring is 1. The summed E-state index contributed by atoms with van der Waals surface area (Å²) < 4.78 is 37.4. The van der Waals surface area contributed by atoms with E-state index in [0.29, 0.717) is 12.8 Å². The van der Waals surface area contributed by atoms with Gasteiger partial charge in [-0.3, -0.25) is 4.79 Å². The molecule has 1 amide bonds. The number of hydrazine groups is 1. The molecule has 1 aromatic heterocycles. The Morgan fingerprint density at radius 1 is 1.47 bits per heavy atom. The van der Waals surface area contributed by atoms with E-state index >= 15 is 0 Å². The smallest absolute Gasteiger partial charge is 0.325 e. The Morgan fingerprint density at radius 2 is 2.16 bits per heavy atom. The highest BCUT2D eigenvalue weighted by atomic mass is 19.4. The maximum atomic E-state index is 12.5. The number of hydrogen-bond acceptors (Lipinski definition) is 4. The number of alkyl halides is 3. The minimum Gasteiger partial charge on any atom is -0.325 e. The van der Waals surface area contributed by atoms with Crippen LogP contribution in [0.1, 0.15) is 23.3 Å². The van der Waals surface area contributed by atoms with Crippen LogP contribution in [-0.2, 0) is 0 Å². The van der Waals surface area contributed by atoms with Gasteiger partial charge < -0.3 is 10.3 Å². The number of halogens is 3. The van der Waals surface area contributed by atoms with Crippen LogP contribution in [0.2, 0.25) is 0 Å². The summed E-state index contributed by atoms with van der Waals surface area (Å²) in [6.07, 6.45) is -3.23. The van der Waals surface area contributed by atoms with E-state index in [9.17, 15) is 18.0 Å². The van der Waals surface area contributed by atoms with Crippen LogP contribution >= 0.6 is 0 Å². The van der Waals surface area contributed by atoms with Gasteiger partial charge in [-0.1, -0.05) is 6.07 Å². The van der Waals surface area contributed by atoms with Gasteiger partial charge in [-0.15, -0.1) is 0 Å². The predicted octanol–water partition coefficient (Wildman–Crippen LogP) is 1.53. The molecule has 1 saturated carbocycles. The van der Waals surface area contributed by atoms with Crippen molar-refractivity contribution < 1.29 is 18.0 Å². The van der Waals surface area contributed by atoms with Gasteiger partial charge >= 0.3 is 6.18 Å². The van der Waals surface area contributed by atoms with Crippen LogP contribution < -0.4 is 11.3 Å². The third-order valence-corrected chi connectivity index (χ3v) is 2.71. The second-order valence-corrected chi connectivity index (χ2v) is 4.33. The molecule has 1 fully saturated rings. The lowest BCUT2D eigenvalue weighted by Gasteiger charge is -2.23. The minimum atomic E-state index is -4.41. The molecule has 1 aliphatic carbocycles. The summed E-state index contributed by atoms with van der Waals surface area (Å²) in [5.41, 5.74) is 2.20. The first-order valence-corrected chi connectivity index (χ1v) is 5.72. The van der Waals surface area contributed by atoms with Gasteiger partial charge in [0.25, 0.3) is 5.91 Å². The fraction of sp³-hybridized carbons (Fsp3) is 0.455. The molecule has 1 aliphatic rings. The van der Waals surface area contributed by atoms with Crippen LogP contribution in [0.3, 0.4) is 0 Å². The van der Waals surface area contributed by atoms with Gasteiger partial charge in [0.15, 0.2) is 0 Å². The zero-order valence-corrected chi connectivity index (χ0v) is 9.94. The first-order valence-electron chi connectivity index (χ1n) is 5.72. The van der Waals surface area contributed by atoms with Crippen molar-refractivity contribution in [2.24, 2.45) is 5.84 Å². The molecule has 3 N–H and O–H groups in total. The fourth-order valence-electron chi connectivity index (χ4n) is 1.73. The Kier molecular flexibility index (Phi) is 3.61. The number of anilines is 1. The van der Waals surface area contributed by atoms with Gasteiger partial charge in [-0.2, -0.15) is 13.2 Å². The van der Waals surface area contributed by atoms with E-state index in [0.717, 1.165) is 4.90 Å². The van der Waals surface area contributed by atoms with E-state index < -0.39 is 18.6 Å². The van der Waals surface area contributed by atoms with Crippen molar-refractivity contribution in [2.45, 2.75) is 25.1 Å². The molecule has 0 aliphatic heterocycles. The fourth-order valence-corrected chi connectivity index (χ4v) is 1.73. The molecule has 0 unspecified atom stereocenters. The number of nitrogens with one attached hydrogen (secondary N) is 1. The molecule has 5 nitrogen and oxygen atoms in total. The summed E-state index contributed by atoms with van der Waals surface area (Å²) in [6, 6.07) is 4.05. The van der Waals surface area contributed by atoms with Crippen LogP contribution in [0.5, 0.6) is 0 Å². The summed E-state index contributed by atoms with van der Waals surface area (Å²) >= 11 is 0. The lowest BCUT2D eigenvalue weighted by atomic mass is 10.3. The highest BCUT2D eigenvalue weighted by Crippen LogP contribution is 2.31. The minimum absolute atomic E-state index is 0.0494. The molecule has 104 valence electrons. The van der Waals surface area contributed by atoms with Gasteiger partial charge in [-0.05, 0) is 25.0 Å². The van der Waals surface area contributed by atoms with Crippen molar-refractivity contribution >= 4 is 11.7 Å². The molecule has 0 saturated heterocycles. The van der Waals surface area contributed by atoms with Gasteiger partial charge in [-0.25, -0.2) is 10.8 Å². The average molecular weight is 274 g/mol. The Labute approximate surface area is 107 Å². The number of carbonyl (C=O) groups excluding carboxylic acids is 1. The second kappa shape index (κ2) is 5.04. The van der Waals surface area contributed by atoms with Gasteiger partial charge in [0, 0.05) is 6.04 Å². The molecule has 0 atom stereocenters. The lowest BCUT2D eigenvalue weighted by Crippen LogP contribution is -2.40. The van der Waals surface area contributed by atoms with Crippen LogP contribution in [0.25, 0.3) is 0 Å². The standard InChI is InChI=1S/C11H13F3N4O/c12-11(13,14)6-18(7-4-5-7)10(19)8-2-1-3-9(16-8)17-15/h1-3,7H,4-6,15H2,(H,16,17). The normalized spacial score (nSPS) is 15.2. The molecule has 0 radical (unpaired) electrons. The zero-order chi connectivity index (χ0) is 14.0. The lowest BCUT2D eigenvalue weighted by molar-refractivity contribution is -0.141. The number of nitrogens with two attached hydrogens (primary N) is 1. The molecule has 8 heteroatoms. The maximum Gasteiger partial charge on any atom is 0.406 e. The monoisotopic (exact) mass is 274 g/mol. The molecule has 0 aromatic carbocycles. The molecule has 0 spiro atoms. The highest BCUT2D eigenvalue weighted by molar-refractivity contribution is 5.93. The Bertz CT molecular complexity index is 473. The van der Waals surface area contributed by atoms with Crippen molar-refractivity contribution in [3.63, 3.8) is 0 Å². The Hall–Kier alpha value is -1.83. The number of amides is 1. The predicted molar refractivity (Wildman–Crippen MR) is 62.2 cm³/mol. The van der Waals surface area contributed by atoms with Gasteiger partial charge in [0.05, 0.1) is 0 Å². The topological polar surface area (TPSA) is 71.2 Å². The molecule has 1 aromatic rings. The summed E-state index contributed by atoms with van der Waals surface area (Å²) in [4.78, 5) is 16.7. The van der Waals surface area contributed by atoms with E-state index in [4.69, 9.17) is 5.84 Å². The first-order chi connectivity index (χ1) is 8.90. The number of nitrogens with zero attached hydrogens (tertiary/aromatic N) is 2. The second-order valence-electron chi connectivity index (χ2n) is 4.33. The summed E-state index contributed by atoms with van der Waals surface area (Å²) in [5.74, 6) is 4.66. The van der Waals surface area contributed by atoms with Crippen molar-refractivity contribution in [3.8, 4) is 0 Å². The van der Waals surface area contributed by atoms with Crippen molar-refractivity contribution in [3.05, 3.63) is 23.9 Å². The van der Waals surface area contributed by atoms with Gasteiger partial charge in [0.1, 0.15) is 18.1 Å². The summed E-state index contributed by atoms with van der Waals surface area (Å²) in [6.45, 7) is -1.25. The number of carbonyl (C=O) groups is 1. The quantitative estimate of drug-likeness (QED) is 0.645. The first kappa shape index (κ1) is 13.6. The maximum absolute atomic E-state index is 12.5. The number of aromatic nitrogens is 1. The summed E-state index contributed by atoms with van der Waals surface area (Å²) in [7, 11) is 0. The van der Waals surface area contributed by atoms with Crippen LogP contribution in [-0.4, -0.2) is 34.6 Å². The van der Waals surface area contributed by atoms with Crippen molar-refractivity contribution in [2.75, 3.05) is 12.0 Å². The number of pyridine rings is 1. The third kappa shape index (κ3) is 3.57. The van der Waals surface area contributed by atoms with Crippen LogP contribution in [0.4, 0.5) is 19.0 Å². The van der Waals surface area contributed by atoms with Crippen LogP contribution in [0, 0.1) is 0 Å². The van der Waals surface area contributed by atoms with E-state index in [1.165, 1.54) is 18.2 Å². The highest BCUT2D eigenvalue weighted by Gasteiger charge is 2.41. The van der Waals surface area contributed by atoms with E-state index in [1.807, 2.05) is 0 Å². The number of hydrogen-bond donors (Lipinski definition) is 2. The molecular formula is C11H13F3N4O. The van der Waals surface area contributed by atoms with E-state index in [2.05, 4.69) is 10.4 Å². The van der Waals surface area contributed by atoms with Crippen LogP contribution in [0.15, 0.2) is 18.2 Å². The van der Waals surface area contributed by atoms with Crippen molar-refractivity contribution in [1.82, 2.24) is 9.88 Å². The average Bonchev–Trinajstić information content (AvgIpc) is 3.18. The third-order valence-electron chi connectivity index (χ3n) is 2.71. The summed E-state index contributed by atoms with van der Waals surface area (Å²) in [5, 5.41) is 0.